The van der Waals surface area contributed by atoms with E-state index in [4.69, 9.17) is 4.74 Å². The minimum Gasteiger partial charge on any atom is -0.496 e. The number of carbonyl (C=O) groups excluding carboxylic acids is 1. The van der Waals surface area contributed by atoms with Crippen molar-refractivity contribution in [2.24, 2.45) is 0 Å². The average Bonchev–Trinajstić information content (AvgIpc) is 2.37. The van der Waals surface area contributed by atoms with Crippen molar-refractivity contribution in [2.45, 2.75) is 17.7 Å². The molecule has 0 fully saturated rings. The molecule has 1 atom stereocenters. The first-order valence-electron chi connectivity index (χ1n) is 4.46. The third kappa shape index (κ3) is 1.27. The van der Waals surface area contributed by atoms with Crippen LogP contribution < -0.4 is 4.74 Å². The molecule has 3 heteroatoms. The molecule has 0 bridgehead atoms. The molecule has 1 aromatic rings. The van der Waals surface area contributed by atoms with E-state index < -0.39 is 4.32 Å². The van der Waals surface area contributed by atoms with Crippen LogP contribution in [-0.4, -0.2) is 17.2 Å². The molecule has 0 spiro atoms. The third-order valence-corrected chi connectivity index (χ3v) is 3.20. The van der Waals surface area contributed by atoms with E-state index in [1.54, 1.807) is 7.11 Å². The smallest absolute Gasteiger partial charge is 0.183 e. The van der Waals surface area contributed by atoms with Gasteiger partial charge in [-0.1, -0.05) is 28.1 Å². The van der Waals surface area contributed by atoms with Crippen LogP contribution in [-0.2, 0) is 6.42 Å². The van der Waals surface area contributed by atoms with Gasteiger partial charge in [0.1, 0.15) is 5.75 Å². The van der Waals surface area contributed by atoms with E-state index in [9.17, 15) is 4.79 Å². The first-order valence-corrected chi connectivity index (χ1v) is 5.25. The van der Waals surface area contributed by atoms with Crippen LogP contribution in [0.5, 0.6) is 5.75 Å². The second kappa shape index (κ2) is 3.09. The predicted molar refractivity (Wildman–Crippen MR) is 58.4 cm³/mol. The van der Waals surface area contributed by atoms with E-state index in [0.717, 1.165) is 17.5 Å². The quantitative estimate of drug-likeness (QED) is 0.721. The zero-order valence-electron chi connectivity index (χ0n) is 8.13. The highest BCUT2D eigenvalue weighted by molar-refractivity contribution is 9.10. The summed E-state index contributed by atoms with van der Waals surface area (Å²) in [6, 6.07) is 5.72. The van der Waals surface area contributed by atoms with Gasteiger partial charge in [0.2, 0.25) is 0 Å². The standard InChI is InChI=1S/C11H11BrO2/c1-11(12)6-7-4-3-5-8(14-2)9(7)10(11)13/h3-5H,6H2,1-2H3. The lowest BCUT2D eigenvalue weighted by Gasteiger charge is -2.11. The summed E-state index contributed by atoms with van der Waals surface area (Å²) in [6.07, 6.45) is 0.734. The van der Waals surface area contributed by atoms with Crippen LogP contribution in [0.15, 0.2) is 18.2 Å². The summed E-state index contributed by atoms with van der Waals surface area (Å²) in [6.45, 7) is 1.90. The zero-order chi connectivity index (χ0) is 10.3. The van der Waals surface area contributed by atoms with Crippen molar-refractivity contribution < 1.29 is 9.53 Å². The molecular formula is C11H11BrO2. The fraction of sp³-hybridized carbons (Fsp3) is 0.364. The summed E-state index contributed by atoms with van der Waals surface area (Å²) in [4.78, 5) is 12.0. The average molecular weight is 255 g/mol. The van der Waals surface area contributed by atoms with Crippen molar-refractivity contribution in [2.75, 3.05) is 7.11 Å². The molecule has 0 radical (unpaired) electrons. The number of hydrogen-bond acceptors (Lipinski definition) is 2. The molecule has 0 aliphatic heterocycles. The molecule has 0 saturated heterocycles. The number of rotatable bonds is 1. The Hall–Kier alpha value is -0.830. The first-order chi connectivity index (χ1) is 6.56. The maximum absolute atomic E-state index is 12.0. The van der Waals surface area contributed by atoms with Crippen molar-refractivity contribution in [3.8, 4) is 5.75 Å². The number of fused-ring (bicyclic) bond motifs is 1. The van der Waals surface area contributed by atoms with Crippen LogP contribution in [0.4, 0.5) is 0 Å². The monoisotopic (exact) mass is 254 g/mol. The Morgan fingerprint density at radius 2 is 2.21 bits per heavy atom. The van der Waals surface area contributed by atoms with Crippen molar-refractivity contribution in [3.63, 3.8) is 0 Å². The minimum absolute atomic E-state index is 0.116. The second-order valence-electron chi connectivity index (χ2n) is 3.70. The van der Waals surface area contributed by atoms with Crippen LogP contribution in [0.25, 0.3) is 0 Å². The van der Waals surface area contributed by atoms with Crippen molar-refractivity contribution >= 4 is 21.7 Å². The minimum atomic E-state index is -0.454. The molecule has 0 aromatic heterocycles. The zero-order valence-corrected chi connectivity index (χ0v) is 9.72. The maximum Gasteiger partial charge on any atom is 0.183 e. The summed E-state index contributed by atoms with van der Waals surface area (Å²) in [5, 5.41) is 0. The third-order valence-electron chi connectivity index (χ3n) is 2.56. The molecule has 0 heterocycles. The highest BCUT2D eigenvalue weighted by atomic mass is 79.9. The van der Waals surface area contributed by atoms with Crippen molar-refractivity contribution in [3.05, 3.63) is 29.3 Å². The number of halogens is 1. The Labute approximate surface area is 91.4 Å². The van der Waals surface area contributed by atoms with Crippen LogP contribution in [0.3, 0.4) is 0 Å². The molecule has 2 nitrogen and oxygen atoms in total. The van der Waals surface area contributed by atoms with Gasteiger partial charge in [0.05, 0.1) is 17.0 Å². The summed E-state index contributed by atoms with van der Waals surface area (Å²) in [5.74, 6) is 0.792. The molecule has 1 aliphatic carbocycles. The van der Waals surface area contributed by atoms with Gasteiger partial charge >= 0.3 is 0 Å². The van der Waals surface area contributed by atoms with E-state index >= 15 is 0 Å². The van der Waals surface area contributed by atoms with E-state index in [1.807, 2.05) is 25.1 Å². The number of alkyl halides is 1. The van der Waals surface area contributed by atoms with Crippen molar-refractivity contribution in [1.82, 2.24) is 0 Å². The van der Waals surface area contributed by atoms with E-state index in [2.05, 4.69) is 15.9 Å². The topological polar surface area (TPSA) is 26.3 Å². The number of methoxy groups -OCH3 is 1. The molecule has 1 unspecified atom stereocenters. The van der Waals surface area contributed by atoms with Gasteiger partial charge in [0.15, 0.2) is 5.78 Å². The van der Waals surface area contributed by atoms with Gasteiger partial charge in [0, 0.05) is 0 Å². The molecule has 2 rings (SSSR count). The highest BCUT2D eigenvalue weighted by Gasteiger charge is 2.41. The normalized spacial score (nSPS) is 24.9. The van der Waals surface area contributed by atoms with Gasteiger partial charge in [-0.05, 0) is 25.0 Å². The maximum atomic E-state index is 12.0. The molecule has 0 saturated carbocycles. The van der Waals surface area contributed by atoms with Gasteiger partial charge in [-0.2, -0.15) is 0 Å². The molecule has 14 heavy (non-hydrogen) atoms. The highest BCUT2D eigenvalue weighted by Crippen LogP contribution is 2.40. The summed E-state index contributed by atoms with van der Waals surface area (Å²) < 4.78 is 4.72. The van der Waals surface area contributed by atoms with Gasteiger partial charge < -0.3 is 4.74 Å². The van der Waals surface area contributed by atoms with E-state index in [0.29, 0.717) is 5.75 Å². The molecular weight excluding hydrogens is 244 g/mol. The van der Waals surface area contributed by atoms with Gasteiger partial charge in [-0.15, -0.1) is 0 Å². The Morgan fingerprint density at radius 3 is 2.86 bits per heavy atom. The van der Waals surface area contributed by atoms with Gasteiger partial charge in [-0.25, -0.2) is 0 Å². The lowest BCUT2D eigenvalue weighted by Crippen LogP contribution is -2.23. The molecule has 1 aliphatic rings. The molecule has 74 valence electrons. The first kappa shape index (κ1) is 9.71. The summed E-state index contributed by atoms with van der Waals surface area (Å²) in [5.41, 5.74) is 1.79. The number of ketones is 1. The summed E-state index contributed by atoms with van der Waals surface area (Å²) >= 11 is 3.45. The number of carbonyl (C=O) groups is 1. The Morgan fingerprint density at radius 1 is 1.50 bits per heavy atom. The number of benzene rings is 1. The Bertz CT molecular complexity index is 396. The fourth-order valence-electron chi connectivity index (χ4n) is 1.85. The number of ether oxygens (including phenoxy) is 1. The second-order valence-corrected chi connectivity index (χ2v) is 5.45. The predicted octanol–water partition coefficient (Wildman–Crippen LogP) is 2.59. The molecule has 0 amide bonds. The number of Topliss-reactive ketones (excluding diaryl/α,β-unsaturated/α-hetero) is 1. The molecule has 0 N–H and O–H groups in total. The Kier molecular flexibility index (Phi) is 2.14. The van der Waals surface area contributed by atoms with Crippen LogP contribution in [0, 0.1) is 0 Å². The van der Waals surface area contributed by atoms with Crippen LogP contribution in [0.2, 0.25) is 0 Å². The lowest BCUT2D eigenvalue weighted by atomic mass is 10.1. The summed E-state index contributed by atoms with van der Waals surface area (Å²) in [7, 11) is 1.59. The van der Waals surface area contributed by atoms with Gasteiger partial charge in [0.25, 0.3) is 0 Å². The SMILES string of the molecule is COc1cccc2c1C(=O)C(C)(Br)C2. The largest absolute Gasteiger partial charge is 0.496 e. The van der Waals surface area contributed by atoms with Crippen molar-refractivity contribution in [1.29, 1.82) is 0 Å². The lowest BCUT2D eigenvalue weighted by molar-refractivity contribution is 0.0965. The van der Waals surface area contributed by atoms with E-state index in [1.165, 1.54) is 0 Å². The fourth-order valence-corrected chi connectivity index (χ4v) is 2.35. The number of hydrogen-bond donors (Lipinski definition) is 0. The van der Waals surface area contributed by atoms with Crippen LogP contribution in [0.1, 0.15) is 22.8 Å². The van der Waals surface area contributed by atoms with Gasteiger partial charge in [-0.3, -0.25) is 4.79 Å². The van der Waals surface area contributed by atoms with Crippen LogP contribution >= 0.6 is 15.9 Å². The molecule has 1 aromatic carbocycles. The Balaban J connectivity index is 2.60. The van der Waals surface area contributed by atoms with E-state index in [-0.39, 0.29) is 5.78 Å².